The molecule has 0 bridgehead atoms. The van der Waals surface area contributed by atoms with E-state index in [9.17, 15) is 0 Å². The summed E-state index contributed by atoms with van der Waals surface area (Å²) in [5.74, 6) is 2.46. The molecule has 0 amide bonds. The first-order chi connectivity index (χ1) is 10.3. The summed E-state index contributed by atoms with van der Waals surface area (Å²) in [7, 11) is 0. The van der Waals surface area contributed by atoms with Gasteiger partial charge in [-0.2, -0.15) is 0 Å². The van der Waals surface area contributed by atoms with Gasteiger partial charge in [-0.05, 0) is 67.2 Å². The fourth-order valence-electron chi connectivity index (χ4n) is 5.17. The maximum absolute atomic E-state index is 3.77. The second-order valence-electron chi connectivity index (χ2n) is 7.68. The minimum Gasteiger partial charge on any atom is -0.313 e. The van der Waals surface area contributed by atoms with Gasteiger partial charge in [0.2, 0.25) is 0 Å². The van der Waals surface area contributed by atoms with E-state index in [4.69, 9.17) is 0 Å². The van der Waals surface area contributed by atoms with Gasteiger partial charge in [-0.3, -0.25) is 0 Å². The zero-order valence-electron chi connectivity index (χ0n) is 13.4. The van der Waals surface area contributed by atoms with Crippen LogP contribution in [0.4, 0.5) is 0 Å². The van der Waals surface area contributed by atoms with E-state index >= 15 is 0 Å². The molecule has 21 heavy (non-hydrogen) atoms. The van der Waals surface area contributed by atoms with Crippen molar-refractivity contribution in [3.8, 4) is 0 Å². The Kier molecular flexibility index (Phi) is 3.79. The summed E-state index contributed by atoms with van der Waals surface area (Å²) in [6.45, 7) is 3.68. The predicted octanol–water partition coefficient (Wildman–Crippen LogP) is 4.76. The van der Waals surface area contributed by atoms with Gasteiger partial charge in [0.05, 0.1) is 0 Å². The van der Waals surface area contributed by atoms with Gasteiger partial charge in [0.1, 0.15) is 0 Å². The molecule has 1 heterocycles. The Balaban J connectivity index is 1.63. The number of rotatable bonds is 1. The van der Waals surface area contributed by atoms with Gasteiger partial charge in [-0.15, -0.1) is 0 Å². The molecule has 1 saturated heterocycles. The van der Waals surface area contributed by atoms with Crippen LogP contribution in [0, 0.1) is 5.92 Å². The van der Waals surface area contributed by atoms with E-state index in [0.29, 0.717) is 0 Å². The molecule has 4 rings (SSSR count). The van der Waals surface area contributed by atoms with Crippen LogP contribution in [-0.4, -0.2) is 12.6 Å². The number of fused-ring (bicyclic) bond motifs is 3. The molecule has 1 aromatic carbocycles. The normalized spacial score (nSPS) is 33.3. The summed E-state index contributed by atoms with van der Waals surface area (Å²) in [5, 5.41) is 3.77. The summed E-state index contributed by atoms with van der Waals surface area (Å²) in [6.07, 6.45) is 11.1. The Hall–Kier alpha value is -0.820. The molecule has 3 aliphatic rings. The van der Waals surface area contributed by atoms with E-state index in [1.165, 1.54) is 57.9 Å². The molecule has 3 unspecified atom stereocenters. The Morgan fingerprint density at radius 3 is 2.71 bits per heavy atom. The van der Waals surface area contributed by atoms with Crippen molar-refractivity contribution in [1.82, 2.24) is 5.32 Å². The van der Waals surface area contributed by atoms with E-state index < -0.39 is 0 Å². The van der Waals surface area contributed by atoms with Crippen molar-refractivity contribution in [3.63, 3.8) is 0 Å². The van der Waals surface area contributed by atoms with Gasteiger partial charge in [-0.25, -0.2) is 0 Å². The van der Waals surface area contributed by atoms with Crippen molar-refractivity contribution in [1.29, 1.82) is 0 Å². The Bertz CT molecular complexity index is 501. The first-order valence-corrected chi connectivity index (χ1v) is 9.19. The zero-order chi connectivity index (χ0) is 14.2. The molecule has 1 aliphatic heterocycles. The Morgan fingerprint density at radius 2 is 1.86 bits per heavy atom. The molecule has 3 atom stereocenters. The number of nitrogens with one attached hydrogen (secondary N) is 1. The third-order valence-electron chi connectivity index (χ3n) is 6.38. The van der Waals surface area contributed by atoms with Crippen LogP contribution in [0.2, 0.25) is 0 Å². The van der Waals surface area contributed by atoms with Gasteiger partial charge in [0, 0.05) is 12.0 Å². The Labute approximate surface area is 129 Å². The lowest BCUT2D eigenvalue weighted by molar-refractivity contribution is 0.247. The topological polar surface area (TPSA) is 12.0 Å². The molecule has 2 fully saturated rings. The van der Waals surface area contributed by atoms with E-state index in [1.807, 2.05) is 0 Å². The largest absolute Gasteiger partial charge is 0.313 e. The maximum Gasteiger partial charge on any atom is 0.0142 e. The van der Waals surface area contributed by atoms with Crippen molar-refractivity contribution in [3.05, 3.63) is 34.9 Å². The van der Waals surface area contributed by atoms with Gasteiger partial charge in [0.15, 0.2) is 0 Å². The average Bonchev–Trinajstić information content (AvgIpc) is 2.55. The molecule has 1 heteroatoms. The predicted molar refractivity (Wildman–Crippen MR) is 88.9 cm³/mol. The lowest BCUT2D eigenvalue weighted by Crippen LogP contribution is -2.46. The highest BCUT2D eigenvalue weighted by atomic mass is 14.9. The highest BCUT2D eigenvalue weighted by molar-refractivity contribution is 5.40. The minimum atomic E-state index is 0.738. The maximum atomic E-state index is 3.77. The van der Waals surface area contributed by atoms with E-state index in [2.05, 4.69) is 30.4 Å². The molecule has 0 aromatic heterocycles. The molecular formula is C20H29N. The number of hydrogen-bond donors (Lipinski definition) is 1. The molecular weight excluding hydrogens is 254 g/mol. The molecule has 1 aromatic rings. The van der Waals surface area contributed by atoms with E-state index in [1.54, 1.807) is 16.7 Å². The number of aryl methyl sites for hydroxylation is 1. The third kappa shape index (κ3) is 2.54. The molecule has 1 N–H and O–H groups in total. The lowest BCUT2D eigenvalue weighted by Gasteiger charge is -2.42. The van der Waals surface area contributed by atoms with Gasteiger partial charge < -0.3 is 5.32 Å². The monoisotopic (exact) mass is 283 g/mol. The van der Waals surface area contributed by atoms with Crippen molar-refractivity contribution in [2.45, 2.75) is 76.2 Å². The molecule has 114 valence electrons. The van der Waals surface area contributed by atoms with Crippen molar-refractivity contribution < 1.29 is 0 Å². The van der Waals surface area contributed by atoms with Gasteiger partial charge in [-0.1, -0.05) is 44.4 Å². The summed E-state index contributed by atoms with van der Waals surface area (Å²) in [6, 6.07) is 8.29. The van der Waals surface area contributed by atoms with Crippen LogP contribution in [0.5, 0.6) is 0 Å². The Morgan fingerprint density at radius 1 is 1.00 bits per heavy atom. The molecule has 1 nitrogen and oxygen atoms in total. The third-order valence-corrected chi connectivity index (χ3v) is 6.38. The van der Waals surface area contributed by atoms with Crippen LogP contribution in [0.3, 0.4) is 0 Å². The summed E-state index contributed by atoms with van der Waals surface area (Å²) in [5.41, 5.74) is 4.99. The van der Waals surface area contributed by atoms with Crippen molar-refractivity contribution >= 4 is 0 Å². The van der Waals surface area contributed by atoms with Gasteiger partial charge >= 0.3 is 0 Å². The number of piperidine rings is 1. The molecule has 0 spiro atoms. The first kappa shape index (κ1) is 13.8. The fraction of sp³-hybridized carbons (Fsp3) is 0.700. The van der Waals surface area contributed by atoms with Crippen LogP contribution in [-0.2, 0) is 6.42 Å². The lowest BCUT2D eigenvalue weighted by atomic mass is 9.69. The highest BCUT2D eigenvalue weighted by Crippen LogP contribution is 2.42. The molecule has 1 saturated carbocycles. The summed E-state index contributed by atoms with van der Waals surface area (Å²) >= 11 is 0. The second-order valence-corrected chi connectivity index (χ2v) is 7.68. The molecule has 0 radical (unpaired) electrons. The van der Waals surface area contributed by atoms with Crippen LogP contribution < -0.4 is 5.32 Å². The fourth-order valence-corrected chi connectivity index (χ4v) is 5.17. The quantitative estimate of drug-likeness (QED) is 0.783. The van der Waals surface area contributed by atoms with E-state index in [-0.39, 0.29) is 0 Å². The minimum absolute atomic E-state index is 0.738. The van der Waals surface area contributed by atoms with Crippen LogP contribution >= 0.6 is 0 Å². The van der Waals surface area contributed by atoms with Crippen LogP contribution in [0.15, 0.2) is 18.2 Å². The smallest absolute Gasteiger partial charge is 0.0142 e. The number of hydrogen-bond acceptors (Lipinski definition) is 1. The summed E-state index contributed by atoms with van der Waals surface area (Å²) in [4.78, 5) is 0. The van der Waals surface area contributed by atoms with Crippen molar-refractivity contribution in [2.75, 3.05) is 6.54 Å². The van der Waals surface area contributed by atoms with Crippen LogP contribution in [0.1, 0.15) is 80.4 Å². The van der Waals surface area contributed by atoms with Gasteiger partial charge in [0.25, 0.3) is 0 Å². The standard InChI is InChI=1S/C20H29N/c1-14-11-12-21-19-10-8-17-13-16(7-9-18(17)20(14)19)15-5-3-2-4-6-15/h7,9,13-15,19-21H,2-6,8,10-12H2,1H3. The summed E-state index contributed by atoms with van der Waals surface area (Å²) < 4.78 is 0. The molecule has 2 aliphatic carbocycles. The zero-order valence-corrected chi connectivity index (χ0v) is 13.4. The second kappa shape index (κ2) is 5.76. The van der Waals surface area contributed by atoms with Crippen molar-refractivity contribution in [2.24, 2.45) is 5.92 Å². The SMILES string of the molecule is CC1CCNC2CCc3cc(C4CCCCC4)ccc3C12. The highest BCUT2D eigenvalue weighted by Gasteiger charge is 2.35. The van der Waals surface area contributed by atoms with E-state index in [0.717, 1.165) is 23.8 Å². The number of benzene rings is 1. The van der Waals surface area contributed by atoms with Crippen LogP contribution in [0.25, 0.3) is 0 Å². The average molecular weight is 283 g/mol. The first-order valence-electron chi connectivity index (χ1n) is 9.19.